The van der Waals surface area contributed by atoms with Crippen LogP contribution in [0.1, 0.15) is 17.0 Å². The van der Waals surface area contributed by atoms with Crippen LogP contribution in [0.3, 0.4) is 0 Å². The molecular weight excluding hydrogens is 326 g/mol. The van der Waals surface area contributed by atoms with Crippen LogP contribution in [0.5, 0.6) is 5.75 Å². The number of sulfonamides is 1. The number of aromatic nitrogens is 2. The van der Waals surface area contributed by atoms with Crippen molar-refractivity contribution in [3.8, 4) is 5.75 Å². The van der Waals surface area contributed by atoms with E-state index in [-0.39, 0.29) is 5.41 Å². The lowest BCUT2D eigenvalue weighted by Gasteiger charge is -2.50. The summed E-state index contributed by atoms with van der Waals surface area (Å²) >= 11 is 0. The smallest absolute Gasteiger partial charge is 0.246 e. The molecule has 4 rings (SSSR count). The Labute approximate surface area is 142 Å². The molecule has 6 nitrogen and oxygen atoms in total. The number of fused-ring (bicyclic) bond motifs is 1. The molecule has 1 fully saturated rings. The molecule has 7 heteroatoms. The first-order chi connectivity index (χ1) is 11.3. The van der Waals surface area contributed by atoms with Gasteiger partial charge >= 0.3 is 0 Å². The average Bonchev–Trinajstić information content (AvgIpc) is 2.77. The summed E-state index contributed by atoms with van der Waals surface area (Å²) in [6.07, 6.45) is 0.861. The molecule has 3 heterocycles. The summed E-state index contributed by atoms with van der Waals surface area (Å²) in [7, 11) is -1.73. The lowest BCUT2D eigenvalue weighted by Crippen LogP contribution is -2.62. The van der Waals surface area contributed by atoms with Crippen molar-refractivity contribution in [1.82, 2.24) is 14.1 Å². The van der Waals surface area contributed by atoms with Crippen LogP contribution in [0.2, 0.25) is 0 Å². The highest BCUT2D eigenvalue weighted by molar-refractivity contribution is 7.89. The van der Waals surface area contributed by atoms with Gasteiger partial charge in [-0.1, -0.05) is 18.2 Å². The summed E-state index contributed by atoms with van der Waals surface area (Å²) in [5.74, 6) is 0.920. The summed E-state index contributed by atoms with van der Waals surface area (Å²) < 4.78 is 35.0. The molecule has 24 heavy (non-hydrogen) atoms. The van der Waals surface area contributed by atoms with Gasteiger partial charge in [0.2, 0.25) is 10.0 Å². The van der Waals surface area contributed by atoms with Crippen LogP contribution in [0, 0.1) is 19.3 Å². The summed E-state index contributed by atoms with van der Waals surface area (Å²) in [6, 6.07) is 7.99. The molecule has 1 saturated heterocycles. The van der Waals surface area contributed by atoms with E-state index in [0.717, 1.165) is 17.7 Å². The van der Waals surface area contributed by atoms with Gasteiger partial charge in [-0.2, -0.15) is 9.40 Å². The minimum atomic E-state index is -3.50. The van der Waals surface area contributed by atoms with Gasteiger partial charge in [-0.05, 0) is 31.9 Å². The third kappa shape index (κ3) is 2.18. The molecule has 1 spiro atoms. The van der Waals surface area contributed by atoms with Gasteiger partial charge in [0.25, 0.3) is 0 Å². The van der Waals surface area contributed by atoms with E-state index in [1.165, 1.54) is 0 Å². The molecule has 0 amide bonds. The van der Waals surface area contributed by atoms with Gasteiger partial charge in [-0.25, -0.2) is 8.42 Å². The maximum absolute atomic E-state index is 13.0. The Morgan fingerprint density at radius 3 is 2.58 bits per heavy atom. The summed E-state index contributed by atoms with van der Waals surface area (Å²) in [6.45, 7) is 5.10. The number of hydrogen-bond acceptors (Lipinski definition) is 4. The van der Waals surface area contributed by atoms with E-state index >= 15 is 0 Å². The maximum Gasteiger partial charge on any atom is 0.246 e. The first-order valence-corrected chi connectivity index (χ1v) is 9.47. The van der Waals surface area contributed by atoms with Crippen LogP contribution in [0.15, 0.2) is 29.2 Å². The first kappa shape index (κ1) is 15.7. The maximum atomic E-state index is 13.0. The molecule has 128 valence electrons. The van der Waals surface area contributed by atoms with E-state index in [1.54, 1.807) is 29.9 Å². The number of nitrogens with zero attached hydrogens (tertiary/aromatic N) is 3. The van der Waals surface area contributed by atoms with Crippen molar-refractivity contribution in [3.05, 3.63) is 41.2 Å². The molecule has 1 aromatic heterocycles. The molecular formula is C17H21N3O3S. The fourth-order valence-electron chi connectivity index (χ4n) is 3.81. The van der Waals surface area contributed by atoms with Gasteiger partial charge in [0.15, 0.2) is 0 Å². The van der Waals surface area contributed by atoms with Crippen molar-refractivity contribution in [3.63, 3.8) is 0 Å². The highest BCUT2D eigenvalue weighted by Crippen LogP contribution is 2.43. The molecule has 0 radical (unpaired) electrons. The summed E-state index contributed by atoms with van der Waals surface area (Å²) in [5, 5.41) is 4.24. The number of aryl methyl sites for hydroxylation is 2. The molecule has 2 aliphatic heterocycles. The Morgan fingerprint density at radius 2 is 1.92 bits per heavy atom. The fraction of sp³-hybridized carbons (Fsp3) is 0.471. The third-order valence-corrected chi connectivity index (χ3v) is 7.18. The SMILES string of the molecule is Cc1nn(C)c(C)c1S(=O)(=O)N1CC2(COc3ccccc3C2)C1. The second kappa shape index (κ2) is 5.07. The van der Waals surface area contributed by atoms with E-state index in [4.69, 9.17) is 4.74 Å². The standard InChI is InChI=1S/C17H21N3O3S/c1-12-16(13(2)19(3)18-12)24(21,22)20-9-17(10-20)8-14-6-4-5-7-15(14)23-11-17/h4-7H,8-11H2,1-3H3. The van der Waals surface area contributed by atoms with Crippen LogP contribution >= 0.6 is 0 Å². The highest BCUT2D eigenvalue weighted by Gasteiger charge is 2.51. The molecule has 0 saturated carbocycles. The van der Waals surface area contributed by atoms with E-state index in [2.05, 4.69) is 11.2 Å². The minimum absolute atomic E-state index is 0.106. The lowest BCUT2D eigenvalue weighted by molar-refractivity contribution is 0.00592. The highest BCUT2D eigenvalue weighted by atomic mass is 32.2. The predicted octanol–water partition coefficient (Wildman–Crippen LogP) is 1.66. The minimum Gasteiger partial charge on any atom is -0.493 e. The van der Waals surface area contributed by atoms with Crippen LogP contribution in [-0.2, 0) is 23.5 Å². The quantitative estimate of drug-likeness (QED) is 0.829. The zero-order valence-corrected chi connectivity index (χ0v) is 14.9. The van der Waals surface area contributed by atoms with Gasteiger partial charge < -0.3 is 4.74 Å². The Hall–Kier alpha value is -1.86. The zero-order valence-electron chi connectivity index (χ0n) is 14.1. The number of ether oxygens (including phenoxy) is 1. The lowest BCUT2D eigenvalue weighted by atomic mass is 9.75. The molecule has 1 aromatic carbocycles. The fourth-order valence-corrected chi connectivity index (χ4v) is 5.87. The first-order valence-electron chi connectivity index (χ1n) is 8.03. The van der Waals surface area contributed by atoms with Crippen molar-refractivity contribution < 1.29 is 13.2 Å². The molecule has 2 aromatic rings. The van der Waals surface area contributed by atoms with Crippen LogP contribution in [0.4, 0.5) is 0 Å². The van der Waals surface area contributed by atoms with Gasteiger partial charge in [0.1, 0.15) is 10.6 Å². The summed E-state index contributed by atoms with van der Waals surface area (Å²) in [5.41, 5.74) is 2.29. The topological polar surface area (TPSA) is 64.4 Å². The predicted molar refractivity (Wildman–Crippen MR) is 89.5 cm³/mol. The Bertz CT molecular complexity index is 911. The third-order valence-electron chi connectivity index (χ3n) is 5.14. The zero-order chi connectivity index (χ0) is 17.1. The van der Waals surface area contributed by atoms with E-state index in [0.29, 0.717) is 36.0 Å². The van der Waals surface area contributed by atoms with Gasteiger partial charge in [0, 0.05) is 25.6 Å². The molecule has 0 unspecified atom stereocenters. The Kier molecular flexibility index (Phi) is 3.30. The van der Waals surface area contributed by atoms with Crippen molar-refractivity contribution in [2.75, 3.05) is 19.7 Å². The van der Waals surface area contributed by atoms with E-state index < -0.39 is 10.0 Å². The number of hydrogen-bond donors (Lipinski definition) is 0. The van der Waals surface area contributed by atoms with E-state index in [9.17, 15) is 8.42 Å². The molecule has 0 atom stereocenters. The molecule has 2 aliphatic rings. The van der Waals surface area contributed by atoms with Crippen LogP contribution in [-0.4, -0.2) is 42.2 Å². The number of benzene rings is 1. The monoisotopic (exact) mass is 347 g/mol. The van der Waals surface area contributed by atoms with Crippen molar-refractivity contribution in [2.24, 2.45) is 12.5 Å². The second-order valence-electron chi connectivity index (χ2n) is 6.97. The second-order valence-corrected chi connectivity index (χ2v) is 8.84. The van der Waals surface area contributed by atoms with Crippen LogP contribution < -0.4 is 4.74 Å². The van der Waals surface area contributed by atoms with Crippen molar-refractivity contribution >= 4 is 10.0 Å². The normalized spacial score (nSPS) is 19.6. The van der Waals surface area contributed by atoms with Crippen molar-refractivity contribution in [2.45, 2.75) is 25.2 Å². The Balaban J connectivity index is 1.58. The van der Waals surface area contributed by atoms with Gasteiger partial charge in [-0.15, -0.1) is 0 Å². The van der Waals surface area contributed by atoms with Crippen molar-refractivity contribution in [1.29, 1.82) is 0 Å². The van der Waals surface area contributed by atoms with E-state index in [1.807, 2.05) is 18.2 Å². The average molecular weight is 347 g/mol. The molecule has 0 N–H and O–H groups in total. The number of para-hydroxylation sites is 1. The Morgan fingerprint density at radius 1 is 1.21 bits per heavy atom. The van der Waals surface area contributed by atoms with Gasteiger partial charge in [-0.3, -0.25) is 4.68 Å². The van der Waals surface area contributed by atoms with Crippen LogP contribution in [0.25, 0.3) is 0 Å². The summed E-state index contributed by atoms with van der Waals surface area (Å²) in [4.78, 5) is 0.344. The molecule has 0 aliphatic carbocycles. The number of rotatable bonds is 2. The van der Waals surface area contributed by atoms with Gasteiger partial charge in [0.05, 0.1) is 18.0 Å². The largest absolute Gasteiger partial charge is 0.493 e. The molecule has 0 bridgehead atoms.